The molecular weight excluding hydrogens is 304 g/mol. The number of piperidine rings is 1. The fourth-order valence-electron chi connectivity index (χ4n) is 3.10. The molecule has 24 heavy (non-hydrogen) atoms. The average molecular weight is 332 g/mol. The summed E-state index contributed by atoms with van der Waals surface area (Å²) < 4.78 is 0. The summed E-state index contributed by atoms with van der Waals surface area (Å²) in [5, 5.41) is 5.80. The van der Waals surface area contributed by atoms with Crippen molar-refractivity contribution in [2.45, 2.75) is 26.7 Å². The molecule has 1 aromatic carbocycles. The van der Waals surface area contributed by atoms with Crippen LogP contribution in [0, 0.1) is 19.8 Å². The van der Waals surface area contributed by atoms with Gasteiger partial charge in [-0.15, -0.1) is 0 Å². The molecule has 1 aliphatic heterocycles. The monoisotopic (exact) mass is 332 g/mol. The van der Waals surface area contributed by atoms with Crippen molar-refractivity contribution in [2.75, 3.05) is 38.0 Å². The largest absolute Gasteiger partial charge is 0.355 e. The Morgan fingerprint density at radius 2 is 2.12 bits per heavy atom. The zero-order chi connectivity index (χ0) is 17.5. The quantitative estimate of drug-likeness (QED) is 0.726. The van der Waals surface area contributed by atoms with Gasteiger partial charge in [0.25, 0.3) is 0 Å². The molecule has 6 heteroatoms. The number of nitrogens with one attached hydrogen (secondary N) is 2. The summed E-state index contributed by atoms with van der Waals surface area (Å²) in [6.07, 6.45) is 1.79. The lowest BCUT2D eigenvalue weighted by atomic mass is 9.97. The number of benzene rings is 1. The van der Waals surface area contributed by atoms with Crippen molar-refractivity contribution in [1.82, 2.24) is 10.2 Å². The first-order valence-electron chi connectivity index (χ1n) is 8.57. The number of carbonyl (C=O) groups excluding carboxylic acids is 2. The van der Waals surface area contributed by atoms with Crippen molar-refractivity contribution in [2.24, 2.45) is 11.7 Å². The fraction of sp³-hybridized carbons (Fsp3) is 0.556. The molecule has 1 fully saturated rings. The number of anilines is 1. The second-order valence-corrected chi connectivity index (χ2v) is 6.52. The molecule has 0 saturated carbocycles. The molecule has 0 aliphatic carbocycles. The van der Waals surface area contributed by atoms with Crippen LogP contribution in [0.3, 0.4) is 0 Å². The Bertz CT molecular complexity index is 588. The molecule has 0 spiro atoms. The number of carbonyl (C=O) groups is 2. The lowest BCUT2D eigenvalue weighted by Crippen LogP contribution is -2.46. The predicted molar refractivity (Wildman–Crippen MR) is 95.8 cm³/mol. The summed E-state index contributed by atoms with van der Waals surface area (Å²) in [6, 6.07) is 5.97. The Balaban J connectivity index is 1.85. The third-order valence-corrected chi connectivity index (χ3v) is 4.34. The van der Waals surface area contributed by atoms with Crippen molar-refractivity contribution in [1.29, 1.82) is 0 Å². The number of likely N-dealkylation sites (tertiary alicyclic amines) is 1. The summed E-state index contributed by atoms with van der Waals surface area (Å²) in [6.45, 7) is 6.75. The molecule has 132 valence electrons. The van der Waals surface area contributed by atoms with Crippen LogP contribution in [-0.4, -0.2) is 49.4 Å². The van der Waals surface area contributed by atoms with Gasteiger partial charge < -0.3 is 16.4 Å². The second kappa shape index (κ2) is 8.80. The Kier molecular flexibility index (Phi) is 6.75. The molecule has 0 aromatic heterocycles. The van der Waals surface area contributed by atoms with Gasteiger partial charge in [0.05, 0.1) is 12.5 Å². The third kappa shape index (κ3) is 5.32. The van der Waals surface area contributed by atoms with Crippen molar-refractivity contribution in [3.8, 4) is 0 Å². The minimum atomic E-state index is -0.0563. The van der Waals surface area contributed by atoms with E-state index in [9.17, 15) is 9.59 Å². The summed E-state index contributed by atoms with van der Waals surface area (Å²) in [5.41, 5.74) is 8.49. The number of nitrogens with zero attached hydrogens (tertiary/aromatic N) is 1. The van der Waals surface area contributed by atoms with Crippen molar-refractivity contribution >= 4 is 17.5 Å². The second-order valence-electron chi connectivity index (χ2n) is 6.52. The van der Waals surface area contributed by atoms with Gasteiger partial charge in [0.1, 0.15) is 0 Å². The van der Waals surface area contributed by atoms with E-state index in [0.717, 1.165) is 30.6 Å². The minimum Gasteiger partial charge on any atom is -0.355 e. The van der Waals surface area contributed by atoms with Crippen LogP contribution in [0.2, 0.25) is 0 Å². The summed E-state index contributed by atoms with van der Waals surface area (Å²) in [4.78, 5) is 26.4. The highest BCUT2D eigenvalue weighted by Gasteiger charge is 2.26. The topological polar surface area (TPSA) is 87.5 Å². The number of amides is 2. The fourth-order valence-corrected chi connectivity index (χ4v) is 3.10. The molecule has 1 aliphatic rings. The molecule has 6 nitrogen and oxygen atoms in total. The average Bonchev–Trinajstić information content (AvgIpc) is 2.55. The van der Waals surface area contributed by atoms with Crippen molar-refractivity contribution < 1.29 is 9.59 Å². The first-order chi connectivity index (χ1) is 11.5. The number of rotatable bonds is 6. The Labute approximate surface area is 143 Å². The van der Waals surface area contributed by atoms with Crippen LogP contribution in [0.5, 0.6) is 0 Å². The number of hydrogen-bond donors (Lipinski definition) is 3. The van der Waals surface area contributed by atoms with Gasteiger partial charge in [0.2, 0.25) is 11.8 Å². The first kappa shape index (κ1) is 18.4. The van der Waals surface area contributed by atoms with Gasteiger partial charge in [-0.2, -0.15) is 0 Å². The Morgan fingerprint density at radius 3 is 2.83 bits per heavy atom. The van der Waals surface area contributed by atoms with Crippen molar-refractivity contribution in [3.63, 3.8) is 0 Å². The number of nitrogens with two attached hydrogens (primary N) is 1. The van der Waals surface area contributed by atoms with Gasteiger partial charge in [-0.25, -0.2) is 0 Å². The van der Waals surface area contributed by atoms with E-state index in [1.807, 2.05) is 32.0 Å². The number of aryl methyl sites for hydroxylation is 2. The molecule has 0 bridgehead atoms. The minimum absolute atomic E-state index is 0.0371. The summed E-state index contributed by atoms with van der Waals surface area (Å²) >= 11 is 0. The Morgan fingerprint density at radius 1 is 1.33 bits per heavy atom. The first-order valence-corrected chi connectivity index (χ1v) is 8.57. The van der Waals surface area contributed by atoms with Gasteiger partial charge in [0, 0.05) is 25.3 Å². The standard InChI is InChI=1S/C18H28N4O2/c1-13-5-6-16(14(2)10-13)21-17(23)12-22-9-3-4-15(11-22)18(24)20-8-7-19/h5-6,10,15H,3-4,7-9,11-12,19H2,1-2H3,(H,20,24)(H,21,23). The molecule has 1 atom stereocenters. The normalized spacial score (nSPS) is 18.2. The Hall–Kier alpha value is -1.92. The molecule has 0 radical (unpaired) electrons. The SMILES string of the molecule is Cc1ccc(NC(=O)CN2CCCC(C(=O)NCCN)C2)c(C)c1. The van der Waals surface area contributed by atoms with Gasteiger partial charge >= 0.3 is 0 Å². The summed E-state index contributed by atoms with van der Waals surface area (Å²) in [5.74, 6) is -0.0517. The van der Waals surface area contributed by atoms with Crippen LogP contribution in [0.1, 0.15) is 24.0 Å². The molecule has 1 aromatic rings. The molecule has 1 saturated heterocycles. The maximum atomic E-state index is 12.3. The van der Waals surface area contributed by atoms with E-state index in [1.165, 1.54) is 5.56 Å². The highest BCUT2D eigenvalue weighted by atomic mass is 16.2. The predicted octanol–water partition coefficient (Wildman–Crippen LogP) is 1.03. The van der Waals surface area contributed by atoms with Gasteiger partial charge in [-0.3, -0.25) is 14.5 Å². The molecular formula is C18H28N4O2. The molecule has 1 unspecified atom stereocenters. The van der Waals surface area contributed by atoms with E-state index < -0.39 is 0 Å². The van der Waals surface area contributed by atoms with E-state index in [4.69, 9.17) is 5.73 Å². The maximum Gasteiger partial charge on any atom is 0.238 e. The lowest BCUT2D eigenvalue weighted by Gasteiger charge is -2.31. The van der Waals surface area contributed by atoms with Gasteiger partial charge in [0.15, 0.2) is 0 Å². The molecule has 1 heterocycles. The van der Waals surface area contributed by atoms with E-state index in [1.54, 1.807) is 0 Å². The molecule has 2 rings (SSSR count). The van der Waals surface area contributed by atoms with Gasteiger partial charge in [-0.1, -0.05) is 17.7 Å². The van der Waals surface area contributed by atoms with Crippen LogP contribution in [0.25, 0.3) is 0 Å². The van der Waals surface area contributed by atoms with E-state index >= 15 is 0 Å². The van der Waals surface area contributed by atoms with E-state index in [-0.39, 0.29) is 17.7 Å². The van der Waals surface area contributed by atoms with Crippen LogP contribution < -0.4 is 16.4 Å². The van der Waals surface area contributed by atoms with Crippen LogP contribution >= 0.6 is 0 Å². The molecule has 4 N–H and O–H groups in total. The maximum absolute atomic E-state index is 12.3. The molecule has 2 amide bonds. The zero-order valence-corrected chi connectivity index (χ0v) is 14.6. The van der Waals surface area contributed by atoms with E-state index in [2.05, 4.69) is 15.5 Å². The van der Waals surface area contributed by atoms with Crippen LogP contribution in [0.15, 0.2) is 18.2 Å². The van der Waals surface area contributed by atoms with Crippen molar-refractivity contribution in [3.05, 3.63) is 29.3 Å². The van der Waals surface area contributed by atoms with Gasteiger partial charge in [-0.05, 0) is 44.9 Å². The highest BCUT2D eigenvalue weighted by Crippen LogP contribution is 2.18. The lowest BCUT2D eigenvalue weighted by molar-refractivity contribution is -0.127. The van der Waals surface area contributed by atoms with E-state index in [0.29, 0.717) is 26.2 Å². The smallest absolute Gasteiger partial charge is 0.238 e. The highest BCUT2D eigenvalue weighted by molar-refractivity contribution is 5.93. The van der Waals surface area contributed by atoms with Crippen LogP contribution in [-0.2, 0) is 9.59 Å². The third-order valence-electron chi connectivity index (χ3n) is 4.34. The van der Waals surface area contributed by atoms with Crippen LogP contribution in [0.4, 0.5) is 5.69 Å². The summed E-state index contributed by atoms with van der Waals surface area (Å²) in [7, 11) is 0. The number of hydrogen-bond acceptors (Lipinski definition) is 4. The zero-order valence-electron chi connectivity index (χ0n) is 14.6.